The number of rotatable bonds is 4. The number of piperidine rings is 1. The number of carbonyl (C=O) groups excluding carboxylic acids is 1. The summed E-state index contributed by atoms with van der Waals surface area (Å²) in [6.45, 7) is 13.0. The van der Waals surface area contributed by atoms with Crippen LogP contribution in [0.3, 0.4) is 0 Å². The van der Waals surface area contributed by atoms with E-state index in [0.717, 1.165) is 58.7 Å². The van der Waals surface area contributed by atoms with E-state index in [9.17, 15) is 4.79 Å². The minimum Gasteiger partial charge on any atom is -0.367 e. The number of carbonyl (C=O) groups is 1. The summed E-state index contributed by atoms with van der Waals surface area (Å²) in [7, 11) is 0. The second-order valence-electron chi connectivity index (χ2n) is 8.59. The van der Waals surface area contributed by atoms with E-state index in [1.165, 1.54) is 5.56 Å². The van der Waals surface area contributed by atoms with Gasteiger partial charge in [0.25, 0.3) is 0 Å². The van der Waals surface area contributed by atoms with Gasteiger partial charge in [0.2, 0.25) is 0 Å². The molecule has 2 aliphatic rings. The van der Waals surface area contributed by atoms with Crippen LogP contribution in [-0.2, 0) is 16.2 Å². The Balaban J connectivity index is 1.39. The summed E-state index contributed by atoms with van der Waals surface area (Å²) in [6.07, 6.45) is 2.16. The molecule has 0 saturated carbocycles. The number of hydrogen-bond acceptors (Lipinski definition) is 5. The van der Waals surface area contributed by atoms with Gasteiger partial charge in [0.1, 0.15) is 0 Å². The third-order valence-corrected chi connectivity index (χ3v) is 5.42. The first-order valence-electron chi connectivity index (χ1n) is 9.89. The molecular weight excluding hydrogens is 326 g/mol. The van der Waals surface area contributed by atoms with E-state index in [0.29, 0.717) is 6.04 Å². The minimum atomic E-state index is -0.439. The van der Waals surface area contributed by atoms with Crippen LogP contribution in [0.4, 0.5) is 0 Å². The van der Waals surface area contributed by atoms with Gasteiger partial charge in [-0.1, -0.05) is 30.3 Å². The second kappa shape index (κ2) is 8.51. The predicted octanol–water partition coefficient (Wildman–Crippen LogP) is 2.77. The van der Waals surface area contributed by atoms with Crippen LogP contribution in [-0.4, -0.2) is 66.1 Å². The van der Waals surface area contributed by atoms with Gasteiger partial charge in [0.15, 0.2) is 0 Å². The Bertz CT molecular complexity index is 569. The van der Waals surface area contributed by atoms with E-state index in [1.54, 1.807) is 0 Å². The van der Waals surface area contributed by atoms with Gasteiger partial charge in [-0.15, -0.1) is 5.06 Å². The van der Waals surface area contributed by atoms with Gasteiger partial charge < -0.3 is 4.84 Å². The van der Waals surface area contributed by atoms with Crippen LogP contribution < -0.4 is 0 Å². The molecule has 0 N–H and O–H groups in total. The highest BCUT2D eigenvalue weighted by Crippen LogP contribution is 2.22. The highest BCUT2D eigenvalue weighted by Gasteiger charge is 2.31. The van der Waals surface area contributed by atoms with Gasteiger partial charge in [-0.3, -0.25) is 9.80 Å². The average Bonchev–Trinajstić information content (AvgIpc) is 2.63. The van der Waals surface area contributed by atoms with Crippen LogP contribution in [0.5, 0.6) is 0 Å². The highest BCUT2D eigenvalue weighted by molar-refractivity contribution is 5.75. The lowest BCUT2D eigenvalue weighted by Crippen LogP contribution is -2.53. The highest BCUT2D eigenvalue weighted by atomic mass is 16.7. The van der Waals surface area contributed by atoms with Crippen LogP contribution in [0.1, 0.15) is 39.2 Å². The fourth-order valence-corrected chi connectivity index (χ4v) is 3.68. The molecule has 5 nitrogen and oxygen atoms in total. The van der Waals surface area contributed by atoms with Crippen LogP contribution in [0.15, 0.2) is 30.3 Å². The van der Waals surface area contributed by atoms with Crippen molar-refractivity contribution in [3.8, 4) is 0 Å². The van der Waals surface area contributed by atoms with Crippen LogP contribution in [0.25, 0.3) is 0 Å². The molecule has 26 heavy (non-hydrogen) atoms. The zero-order valence-corrected chi connectivity index (χ0v) is 16.5. The van der Waals surface area contributed by atoms with Crippen molar-refractivity contribution < 1.29 is 9.63 Å². The molecular formula is C21H33N3O2. The molecule has 0 aromatic heterocycles. The maximum absolute atomic E-state index is 12.0. The van der Waals surface area contributed by atoms with Gasteiger partial charge >= 0.3 is 5.97 Å². The fraction of sp³-hybridized carbons (Fsp3) is 0.667. The number of hydroxylamine groups is 2. The first kappa shape index (κ1) is 19.3. The van der Waals surface area contributed by atoms with Crippen molar-refractivity contribution in [3.63, 3.8) is 0 Å². The molecule has 5 heteroatoms. The van der Waals surface area contributed by atoms with Crippen molar-refractivity contribution in [2.24, 2.45) is 5.41 Å². The molecule has 1 aromatic rings. The Hall–Kier alpha value is -1.43. The van der Waals surface area contributed by atoms with E-state index < -0.39 is 5.41 Å². The monoisotopic (exact) mass is 359 g/mol. The molecule has 0 aliphatic carbocycles. The lowest BCUT2D eigenvalue weighted by atomic mass is 9.97. The Labute approximate surface area is 157 Å². The van der Waals surface area contributed by atoms with Crippen molar-refractivity contribution in [1.82, 2.24) is 14.9 Å². The molecule has 2 heterocycles. The zero-order chi connectivity index (χ0) is 18.6. The third-order valence-electron chi connectivity index (χ3n) is 5.42. The Morgan fingerprint density at radius 2 is 1.62 bits per heavy atom. The van der Waals surface area contributed by atoms with Gasteiger partial charge in [0.05, 0.1) is 5.41 Å². The van der Waals surface area contributed by atoms with Crippen LogP contribution in [0.2, 0.25) is 0 Å². The van der Waals surface area contributed by atoms with Crippen molar-refractivity contribution in [3.05, 3.63) is 35.9 Å². The number of hydrogen-bond donors (Lipinski definition) is 0. The molecule has 0 spiro atoms. The molecule has 144 valence electrons. The molecule has 2 fully saturated rings. The van der Waals surface area contributed by atoms with Crippen LogP contribution in [0, 0.1) is 5.41 Å². The summed E-state index contributed by atoms with van der Waals surface area (Å²) >= 11 is 0. The van der Waals surface area contributed by atoms with E-state index in [1.807, 2.05) is 25.8 Å². The minimum absolute atomic E-state index is 0.134. The smallest absolute Gasteiger partial charge is 0.330 e. The zero-order valence-electron chi connectivity index (χ0n) is 16.5. The summed E-state index contributed by atoms with van der Waals surface area (Å²) < 4.78 is 0. The maximum atomic E-state index is 12.0. The van der Waals surface area contributed by atoms with E-state index in [-0.39, 0.29) is 5.97 Å². The fourth-order valence-electron chi connectivity index (χ4n) is 3.68. The first-order valence-corrected chi connectivity index (χ1v) is 9.89. The molecule has 0 atom stereocenters. The van der Waals surface area contributed by atoms with Crippen molar-refractivity contribution in [2.45, 2.75) is 46.2 Å². The number of piperazine rings is 1. The van der Waals surface area contributed by atoms with Crippen molar-refractivity contribution in [1.29, 1.82) is 0 Å². The van der Waals surface area contributed by atoms with E-state index >= 15 is 0 Å². The second-order valence-corrected chi connectivity index (χ2v) is 8.59. The molecule has 1 aromatic carbocycles. The topological polar surface area (TPSA) is 36.0 Å². The third kappa shape index (κ3) is 5.29. The maximum Gasteiger partial charge on any atom is 0.330 e. The summed E-state index contributed by atoms with van der Waals surface area (Å²) in [4.78, 5) is 22.7. The standard InChI is InChI=1S/C21H33N3O2/c1-21(2,3)20(25)26-24-11-9-19(10-12-24)23-15-13-22(14-16-23)17-18-7-5-4-6-8-18/h4-8,19H,9-17H2,1-3H3. The molecule has 0 unspecified atom stereocenters. The summed E-state index contributed by atoms with van der Waals surface area (Å²) in [5, 5.41) is 1.86. The lowest BCUT2D eigenvalue weighted by Gasteiger charge is -2.42. The SMILES string of the molecule is CC(C)(C)C(=O)ON1CCC(N2CCN(Cc3ccccc3)CC2)CC1. The van der Waals surface area contributed by atoms with Crippen molar-refractivity contribution >= 4 is 5.97 Å². The van der Waals surface area contributed by atoms with Crippen LogP contribution >= 0.6 is 0 Å². The van der Waals surface area contributed by atoms with Gasteiger partial charge in [-0.05, 0) is 39.2 Å². The molecule has 0 bridgehead atoms. The van der Waals surface area contributed by atoms with Gasteiger partial charge in [-0.25, -0.2) is 4.79 Å². The largest absolute Gasteiger partial charge is 0.367 e. The summed E-state index contributed by atoms with van der Waals surface area (Å²) in [5.74, 6) is -0.134. The molecule has 2 saturated heterocycles. The lowest BCUT2D eigenvalue weighted by molar-refractivity contribution is -0.206. The average molecular weight is 360 g/mol. The first-order chi connectivity index (χ1) is 12.4. The molecule has 0 radical (unpaired) electrons. The summed E-state index contributed by atoms with van der Waals surface area (Å²) in [6, 6.07) is 11.4. The normalized spacial score (nSPS) is 21.7. The van der Waals surface area contributed by atoms with E-state index in [4.69, 9.17) is 4.84 Å². The molecule has 0 amide bonds. The molecule has 2 aliphatic heterocycles. The Morgan fingerprint density at radius 3 is 2.19 bits per heavy atom. The molecule has 3 rings (SSSR count). The number of nitrogens with zero attached hydrogens (tertiary/aromatic N) is 3. The van der Waals surface area contributed by atoms with Gasteiger partial charge in [0, 0.05) is 51.9 Å². The Morgan fingerprint density at radius 1 is 1.00 bits per heavy atom. The predicted molar refractivity (Wildman–Crippen MR) is 103 cm³/mol. The number of benzene rings is 1. The van der Waals surface area contributed by atoms with E-state index in [2.05, 4.69) is 40.1 Å². The van der Waals surface area contributed by atoms with Gasteiger partial charge in [-0.2, -0.15) is 0 Å². The van der Waals surface area contributed by atoms with Crippen molar-refractivity contribution in [2.75, 3.05) is 39.3 Å². The Kier molecular flexibility index (Phi) is 6.33. The summed E-state index contributed by atoms with van der Waals surface area (Å²) in [5.41, 5.74) is 0.960. The quantitative estimate of drug-likeness (QED) is 0.826.